The van der Waals surface area contributed by atoms with E-state index in [1.165, 1.54) is 0 Å². The van der Waals surface area contributed by atoms with Crippen LogP contribution in [0.15, 0.2) is 24.3 Å². The van der Waals surface area contributed by atoms with E-state index in [0.29, 0.717) is 25.4 Å². The second kappa shape index (κ2) is 20.4. The standard InChI is InChI=1S/C24H37N2O5.C2H5.2U/c1-7-25(15-19(6)16-29-20-11-9-8-10-12-20)24(28)31-23(18(4)5)30-22(27)21(17(2)3)26-13-14-26;1-2;;/h8-11,17-18,21,23-24,28H,1,7,13-16H2,2-6H3;1H2,2H3;;/q-3;-1;2*+2/t21-,23?,24?;;;/m1.../s1. The second-order valence-electron chi connectivity index (χ2n) is 8.68. The van der Waals surface area contributed by atoms with Crippen LogP contribution >= 0.6 is 0 Å². The van der Waals surface area contributed by atoms with Crippen LogP contribution in [0.5, 0.6) is 5.75 Å². The monoisotopic (exact) mass is 938 g/mol. The molecule has 0 saturated carbocycles. The smallest absolute Gasteiger partial charge is 0.551 e. The van der Waals surface area contributed by atoms with Gasteiger partial charge in [-0.1, -0.05) is 27.7 Å². The van der Waals surface area contributed by atoms with E-state index in [4.69, 9.17) is 14.2 Å². The van der Waals surface area contributed by atoms with Crippen molar-refractivity contribution in [2.45, 2.75) is 60.3 Å². The summed E-state index contributed by atoms with van der Waals surface area (Å²) in [6.45, 7) is 21.6. The summed E-state index contributed by atoms with van der Waals surface area (Å²) in [4.78, 5) is 16.5. The molecule has 1 fully saturated rings. The third kappa shape index (κ3) is 14.2. The van der Waals surface area contributed by atoms with E-state index < -0.39 is 12.7 Å². The number of aliphatic hydroxyl groups excluding tert-OH is 1. The zero-order chi connectivity index (χ0) is 25.0. The Morgan fingerprint density at radius 3 is 2.29 bits per heavy atom. The molecule has 35 heavy (non-hydrogen) atoms. The van der Waals surface area contributed by atoms with Gasteiger partial charge in [-0.25, -0.2) is 0 Å². The molecule has 7 nitrogen and oxygen atoms in total. The molecule has 0 amide bonds. The molecule has 0 bridgehead atoms. The molecule has 1 aromatic carbocycles. The summed E-state index contributed by atoms with van der Waals surface area (Å²) in [5.74, 6) is 1.37. The van der Waals surface area contributed by atoms with E-state index in [1.807, 2.05) is 52.8 Å². The van der Waals surface area contributed by atoms with Gasteiger partial charge in [0.15, 0.2) is 0 Å². The Morgan fingerprint density at radius 2 is 1.83 bits per heavy atom. The molecule has 3 atom stereocenters. The first-order valence-electron chi connectivity index (χ1n) is 11.7. The van der Waals surface area contributed by atoms with Crippen molar-refractivity contribution in [3.05, 3.63) is 50.1 Å². The predicted molar refractivity (Wildman–Crippen MR) is 130 cm³/mol. The third-order valence-electron chi connectivity index (χ3n) is 5.01. The zero-order valence-electron chi connectivity index (χ0n) is 22.1. The topological polar surface area (TPSA) is 71.2 Å². The maximum atomic E-state index is 12.7. The second-order valence-corrected chi connectivity index (χ2v) is 8.68. The fourth-order valence-electron chi connectivity index (χ4n) is 3.22. The predicted octanol–water partition coefficient (Wildman–Crippen LogP) is 3.59. The first-order valence-corrected chi connectivity index (χ1v) is 11.7. The summed E-state index contributed by atoms with van der Waals surface area (Å²) in [6.07, 6.45) is -2.11. The van der Waals surface area contributed by atoms with E-state index in [2.05, 4.69) is 24.8 Å². The Labute approximate surface area is 260 Å². The quantitative estimate of drug-likeness (QED) is 0.133. The van der Waals surface area contributed by atoms with Crippen molar-refractivity contribution in [3.8, 4) is 5.75 Å². The van der Waals surface area contributed by atoms with Crippen LogP contribution in [0.25, 0.3) is 0 Å². The minimum Gasteiger partial charge on any atom is -0.551 e. The van der Waals surface area contributed by atoms with Gasteiger partial charge in [-0.2, -0.15) is 32.0 Å². The van der Waals surface area contributed by atoms with Crippen LogP contribution in [0.2, 0.25) is 0 Å². The normalized spacial score (nSPS) is 15.5. The molecule has 1 heterocycles. The van der Waals surface area contributed by atoms with Crippen LogP contribution < -0.4 is 4.74 Å². The summed E-state index contributed by atoms with van der Waals surface area (Å²) < 4.78 is 17.1. The molecule has 0 spiro atoms. The molecule has 1 aliphatic heterocycles. The molecule has 1 aromatic rings. The van der Waals surface area contributed by atoms with E-state index in [9.17, 15) is 9.90 Å². The number of hydrogen-bond donors (Lipinski definition) is 1. The van der Waals surface area contributed by atoms with Gasteiger partial charge in [0.05, 0.1) is 0 Å². The summed E-state index contributed by atoms with van der Waals surface area (Å²) >= 11 is 0. The number of nitrogens with zero attached hydrogens (tertiary/aromatic N) is 2. The van der Waals surface area contributed by atoms with Crippen molar-refractivity contribution in [2.24, 2.45) is 11.8 Å². The number of esters is 1. The third-order valence-corrected chi connectivity index (χ3v) is 5.01. The van der Waals surface area contributed by atoms with Gasteiger partial charge in [-0.3, -0.25) is 20.3 Å². The minimum atomic E-state index is -1.25. The van der Waals surface area contributed by atoms with E-state index in [1.54, 1.807) is 17.9 Å². The summed E-state index contributed by atoms with van der Waals surface area (Å²) in [5.41, 5.74) is 0. The van der Waals surface area contributed by atoms with Crippen LogP contribution in [0.3, 0.4) is 0 Å². The van der Waals surface area contributed by atoms with Gasteiger partial charge >= 0.3 is 68.2 Å². The number of benzene rings is 1. The van der Waals surface area contributed by atoms with Gasteiger partial charge in [0.25, 0.3) is 0 Å². The van der Waals surface area contributed by atoms with E-state index >= 15 is 0 Å². The molecule has 0 aromatic heterocycles. The van der Waals surface area contributed by atoms with Crippen LogP contribution in [0.1, 0.15) is 41.5 Å². The maximum Gasteiger partial charge on any atom is 2.00 e. The van der Waals surface area contributed by atoms with Crippen LogP contribution in [0.4, 0.5) is 0 Å². The van der Waals surface area contributed by atoms with Gasteiger partial charge < -0.3 is 33.3 Å². The fraction of sp³-hybridized carbons (Fsp3) is 0.615. The van der Waals surface area contributed by atoms with Crippen molar-refractivity contribution in [2.75, 3.05) is 32.8 Å². The minimum absolute atomic E-state index is 0. The Morgan fingerprint density at radius 1 is 1.20 bits per heavy atom. The SMILES string of the molecule is [CH2-]C.[CH2-]CN(C[C-](C)COc1[c-]cccc1)C(O)OC(OC(=O)[C@@H](C(C)C)N1CC1)C(C)C.[U+2].[U+2]. The molecule has 1 aliphatic rings. The van der Waals surface area contributed by atoms with Crippen LogP contribution in [0, 0.1) is 99.9 Å². The summed E-state index contributed by atoms with van der Waals surface area (Å²) in [6, 6.07) is 10.1. The summed E-state index contributed by atoms with van der Waals surface area (Å²) in [7, 11) is 0. The van der Waals surface area contributed by atoms with Crippen LogP contribution in [-0.2, 0) is 14.3 Å². The van der Waals surface area contributed by atoms with Gasteiger partial charge in [0.1, 0.15) is 6.04 Å². The fourth-order valence-corrected chi connectivity index (χ4v) is 3.22. The van der Waals surface area contributed by atoms with Crippen molar-refractivity contribution < 1.29 is 86.3 Å². The average molecular weight is 939 g/mol. The maximum absolute atomic E-state index is 12.7. The number of para-hydroxylation sites is 1. The molecule has 1 saturated heterocycles. The Hall–Kier alpha value is 0.434. The largest absolute Gasteiger partial charge is 2.00 e. The zero-order valence-corrected chi connectivity index (χ0v) is 30.4. The Kier molecular flexibility index (Phi) is 21.9. The first-order chi connectivity index (χ1) is 15.7. The molecular formula is C26H42N2O5U2. The average Bonchev–Trinajstić information content (AvgIpc) is 3.62. The van der Waals surface area contributed by atoms with Gasteiger partial charge in [0.2, 0.25) is 12.7 Å². The van der Waals surface area contributed by atoms with E-state index in [-0.39, 0.29) is 86.1 Å². The van der Waals surface area contributed by atoms with Gasteiger partial charge in [0, 0.05) is 24.8 Å². The van der Waals surface area contributed by atoms with Crippen LogP contribution in [-0.4, -0.2) is 72.4 Å². The van der Waals surface area contributed by atoms with Crippen molar-refractivity contribution in [1.29, 1.82) is 0 Å². The molecule has 0 aliphatic carbocycles. The molecule has 194 valence electrons. The number of rotatable bonds is 14. The first kappa shape index (κ1) is 37.6. The molecule has 0 radical (unpaired) electrons. The van der Waals surface area contributed by atoms with Crippen molar-refractivity contribution in [1.82, 2.24) is 9.80 Å². The molecule has 1 N–H and O–H groups in total. The Bertz CT molecular complexity index is 660. The Balaban J connectivity index is 0. The molecule has 9 heteroatoms. The number of carbonyl (C=O) groups is 1. The number of carbonyl (C=O) groups excluding carboxylic acids is 1. The molecular weight excluding hydrogens is 896 g/mol. The summed E-state index contributed by atoms with van der Waals surface area (Å²) in [5, 5.41) is 10.6. The number of aliphatic hydroxyl groups is 1. The van der Waals surface area contributed by atoms with E-state index in [0.717, 1.165) is 19.0 Å². The van der Waals surface area contributed by atoms with Gasteiger partial charge in [-0.15, -0.1) is 25.2 Å². The molecule has 2 unspecified atom stereocenters. The number of hydrogen-bond acceptors (Lipinski definition) is 7. The van der Waals surface area contributed by atoms with Crippen molar-refractivity contribution in [3.63, 3.8) is 0 Å². The van der Waals surface area contributed by atoms with Gasteiger partial charge in [-0.05, 0) is 12.5 Å². The van der Waals surface area contributed by atoms with Crippen molar-refractivity contribution >= 4 is 5.97 Å². The number of ether oxygens (including phenoxy) is 3. The molecule has 2 rings (SSSR count).